The molecule has 3 N–H and O–H groups in total. The zero-order valence-electron chi connectivity index (χ0n) is 8.85. The van der Waals surface area contributed by atoms with Crippen molar-refractivity contribution in [1.82, 2.24) is 15.1 Å². The Kier molecular flexibility index (Phi) is 3.58. The Morgan fingerprint density at radius 2 is 2.60 bits per heavy atom. The fraction of sp³-hybridized carbons (Fsp3) is 0.700. The molecule has 5 heteroatoms. The Balaban J connectivity index is 1.77. The first kappa shape index (κ1) is 10.4. The average molecular weight is 210 g/mol. The van der Waals surface area contributed by atoms with Crippen LogP contribution in [0.1, 0.15) is 6.42 Å². The van der Waals surface area contributed by atoms with Crippen molar-refractivity contribution in [2.45, 2.75) is 13.0 Å². The third kappa shape index (κ3) is 2.94. The number of nitrogens with zero attached hydrogens (tertiary/aromatic N) is 2. The van der Waals surface area contributed by atoms with Crippen molar-refractivity contribution >= 4 is 0 Å². The van der Waals surface area contributed by atoms with Gasteiger partial charge in [-0.05, 0) is 13.0 Å². The Morgan fingerprint density at radius 1 is 1.67 bits per heavy atom. The molecule has 0 aromatic carbocycles. The van der Waals surface area contributed by atoms with E-state index in [9.17, 15) is 0 Å². The van der Waals surface area contributed by atoms with Crippen LogP contribution in [0.4, 0.5) is 0 Å². The standard InChI is InChI=1S/C10H18N4O/c11-2-4-14-7-10(6-13-14)15-8-9-1-3-12-5-9/h6-7,9,12H,1-5,8,11H2. The predicted molar refractivity (Wildman–Crippen MR) is 57.8 cm³/mol. The summed E-state index contributed by atoms with van der Waals surface area (Å²) >= 11 is 0. The molecule has 15 heavy (non-hydrogen) atoms. The highest BCUT2D eigenvalue weighted by Gasteiger charge is 2.15. The predicted octanol–water partition coefficient (Wildman–Crippen LogP) is -0.170. The minimum absolute atomic E-state index is 0.605. The Morgan fingerprint density at radius 3 is 3.33 bits per heavy atom. The molecule has 1 atom stereocenters. The normalized spacial score (nSPS) is 20.7. The molecule has 0 radical (unpaired) electrons. The average Bonchev–Trinajstić information content (AvgIpc) is 2.85. The first-order chi connectivity index (χ1) is 7.38. The van der Waals surface area contributed by atoms with Crippen LogP contribution in [0.5, 0.6) is 5.75 Å². The van der Waals surface area contributed by atoms with Gasteiger partial charge in [-0.3, -0.25) is 4.68 Å². The van der Waals surface area contributed by atoms with E-state index in [1.54, 1.807) is 6.20 Å². The lowest BCUT2D eigenvalue weighted by Crippen LogP contribution is -2.15. The minimum atomic E-state index is 0.605. The van der Waals surface area contributed by atoms with Gasteiger partial charge in [-0.15, -0.1) is 0 Å². The smallest absolute Gasteiger partial charge is 0.157 e. The van der Waals surface area contributed by atoms with Crippen molar-refractivity contribution in [2.75, 3.05) is 26.2 Å². The van der Waals surface area contributed by atoms with Crippen molar-refractivity contribution in [2.24, 2.45) is 11.7 Å². The van der Waals surface area contributed by atoms with Crippen molar-refractivity contribution in [3.8, 4) is 5.75 Å². The lowest BCUT2D eigenvalue weighted by Gasteiger charge is -2.08. The van der Waals surface area contributed by atoms with E-state index < -0.39 is 0 Å². The van der Waals surface area contributed by atoms with Gasteiger partial charge in [-0.1, -0.05) is 0 Å². The molecule has 0 aliphatic carbocycles. The summed E-state index contributed by atoms with van der Waals surface area (Å²) < 4.78 is 7.46. The number of hydrogen-bond acceptors (Lipinski definition) is 4. The SMILES string of the molecule is NCCn1cc(OCC2CCNC2)cn1. The second-order valence-electron chi connectivity index (χ2n) is 3.90. The highest BCUT2D eigenvalue weighted by Crippen LogP contribution is 2.13. The molecule has 1 aromatic heterocycles. The van der Waals surface area contributed by atoms with Crippen LogP contribution < -0.4 is 15.8 Å². The largest absolute Gasteiger partial charge is 0.490 e. The van der Waals surface area contributed by atoms with Crippen LogP contribution in [-0.4, -0.2) is 36.0 Å². The van der Waals surface area contributed by atoms with E-state index in [1.807, 2.05) is 10.9 Å². The summed E-state index contributed by atoms with van der Waals surface area (Å²) in [5, 5.41) is 7.46. The van der Waals surface area contributed by atoms with Crippen molar-refractivity contribution in [3.05, 3.63) is 12.4 Å². The van der Waals surface area contributed by atoms with Crippen molar-refractivity contribution in [1.29, 1.82) is 0 Å². The van der Waals surface area contributed by atoms with Gasteiger partial charge in [0.2, 0.25) is 0 Å². The number of rotatable bonds is 5. The van der Waals surface area contributed by atoms with Gasteiger partial charge in [0.1, 0.15) is 0 Å². The molecule has 1 unspecified atom stereocenters. The van der Waals surface area contributed by atoms with Crippen LogP contribution in [0.15, 0.2) is 12.4 Å². The Labute approximate surface area is 89.6 Å². The van der Waals surface area contributed by atoms with Gasteiger partial charge in [-0.25, -0.2) is 0 Å². The number of nitrogens with one attached hydrogen (secondary N) is 1. The lowest BCUT2D eigenvalue weighted by atomic mass is 10.1. The van der Waals surface area contributed by atoms with Gasteiger partial charge < -0.3 is 15.8 Å². The second kappa shape index (κ2) is 5.14. The number of hydrogen-bond donors (Lipinski definition) is 2. The third-order valence-corrected chi connectivity index (χ3v) is 2.62. The molecular weight excluding hydrogens is 192 g/mol. The molecule has 1 aliphatic heterocycles. The van der Waals surface area contributed by atoms with E-state index in [0.29, 0.717) is 12.5 Å². The zero-order valence-corrected chi connectivity index (χ0v) is 8.85. The number of ether oxygens (including phenoxy) is 1. The summed E-state index contributed by atoms with van der Waals surface area (Å²) in [6, 6.07) is 0. The van der Waals surface area contributed by atoms with Gasteiger partial charge in [0.25, 0.3) is 0 Å². The molecule has 0 saturated carbocycles. The van der Waals surface area contributed by atoms with E-state index >= 15 is 0 Å². The quantitative estimate of drug-likeness (QED) is 0.708. The molecule has 2 heterocycles. The summed E-state index contributed by atoms with van der Waals surface area (Å²) in [6.07, 6.45) is 4.85. The number of aromatic nitrogens is 2. The molecular formula is C10H18N4O. The van der Waals surface area contributed by atoms with Crippen LogP contribution >= 0.6 is 0 Å². The first-order valence-electron chi connectivity index (χ1n) is 5.44. The molecule has 1 aliphatic rings. The summed E-state index contributed by atoms with van der Waals surface area (Å²) in [6.45, 7) is 4.31. The summed E-state index contributed by atoms with van der Waals surface area (Å²) in [5.41, 5.74) is 5.43. The van der Waals surface area contributed by atoms with E-state index in [-0.39, 0.29) is 0 Å². The molecule has 1 fully saturated rings. The molecule has 0 bridgehead atoms. The van der Waals surface area contributed by atoms with Crippen LogP contribution in [0.25, 0.3) is 0 Å². The van der Waals surface area contributed by atoms with Gasteiger partial charge in [-0.2, -0.15) is 5.10 Å². The van der Waals surface area contributed by atoms with Crippen LogP contribution in [0.3, 0.4) is 0 Å². The van der Waals surface area contributed by atoms with Gasteiger partial charge in [0.15, 0.2) is 5.75 Å². The van der Waals surface area contributed by atoms with E-state index in [0.717, 1.165) is 32.0 Å². The maximum atomic E-state index is 5.65. The Bertz CT molecular complexity index is 293. The summed E-state index contributed by atoms with van der Waals surface area (Å²) in [7, 11) is 0. The van der Waals surface area contributed by atoms with Crippen molar-refractivity contribution < 1.29 is 4.74 Å². The van der Waals surface area contributed by atoms with Crippen LogP contribution in [-0.2, 0) is 6.54 Å². The molecule has 1 saturated heterocycles. The fourth-order valence-electron chi connectivity index (χ4n) is 1.74. The lowest BCUT2D eigenvalue weighted by molar-refractivity contribution is 0.260. The molecule has 5 nitrogen and oxygen atoms in total. The Hall–Kier alpha value is -1.07. The van der Waals surface area contributed by atoms with Crippen molar-refractivity contribution in [3.63, 3.8) is 0 Å². The fourth-order valence-corrected chi connectivity index (χ4v) is 1.74. The zero-order chi connectivity index (χ0) is 10.5. The highest BCUT2D eigenvalue weighted by molar-refractivity contribution is 5.11. The highest BCUT2D eigenvalue weighted by atomic mass is 16.5. The third-order valence-electron chi connectivity index (χ3n) is 2.62. The van der Waals surface area contributed by atoms with Gasteiger partial charge in [0, 0.05) is 19.0 Å². The van der Waals surface area contributed by atoms with E-state index in [1.165, 1.54) is 6.42 Å². The monoisotopic (exact) mass is 210 g/mol. The molecule has 2 rings (SSSR count). The first-order valence-corrected chi connectivity index (χ1v) is 5.44. The van der Waals surface area contributed by atoms with Gasteiger partial charge in [0.05, 0.1) is 25.5 Å². The summed E-state index contributed by atoms with van der Waals surface area (Å²) in [5.74, 6) is 1.48. The molecule has 1 aromatic rings. The summed E-state index contributed by atoms with van der Waals surface area (Å²) in [4.78, 5) is 0. The van der Waals surface area contributed by atoms with E-state index in [4.69, 9.17) is 10.5 Å². The molecule has 0 amide bonds. The van der Waals surface area contributed by atoms with Crippen LogP contribution in [0, 0.1) is 5.92 Å². The van der Waals surface area contributed by atoms with Gasteiger partial charge >= 0.3 is 0 Å². The second-order valence-corrected chi connectivity index (χ2v) is 3.90. The van der Waals surface area contributed by atoms with E-state index in [2.05, 4.69) is 10.4 Å². The molecule has 0 spiro atoms. The topological polar surface area (TPSA) is 65.1 Å². The molecule has 84 valence electrons. The van der Waals surface area contributed by atoms with Crippen LogP contribution in [0.2, 0.25) is 0 Å². The minimum Gasteiger partial charge on any atom is -0.490 e. The maximum absolute atomic E-state index is 5.65. The maximum Gasteiger partial charge on any atom is 0.157 e. The number of nitrogens with two attached hydrogens (primary N) is 1.